The topological polar surface area (TPSA) is 49.4 Å². The van der Waals surface area contributed by atoms with E-state index in [0.29, 0.717) is 24.2 Å². The first-order valence-corrected chi connectivity index (χ1v) is 9.20. The Bertz CT molecular complexity index is 874. The van der Waals surface area contributed by atoms with Crippen molar-refractivity contribution in [2.24, 2.45) is 0 Å². The summed E-state index contributed by atoms with van der Waals surface area (Å²) in [4.78, 5) is 26.2. The first kappa shape index (κ1) is 22.2. The number of alkyl halides is 3. The van der Waals surface area contributed by atoms with Crippen LogP contribution in [0.15, 0.2) is 54.6 Å². The molecule has 154 valence electrons. The summed E-state index contributed by atoms with van der Waals surface area (Å²) < 4.78 is 37.8. The fraction of sp³-hybridized carbons (Fsp3) is 0.273. The first-order chi connectivity index (χ1) is 13.7. The lowest BCUT2D eigenvalue weighted by Crippen LogP contribution is -2.37. The van der Waals surface area contributed by atoms with Crippen molar-refractivity contribution in [2.45, 2.75) is 26.4 Å². The molecule has 0 aromatic heterocycles. The molecule has 0 fully saturated rings. The third-order valence-corrected chi connectivity index (χ3v) is 4.22. The summed E-state index contributed by atoms with van der Waals surface area (Å²) in [6.07, 6.45) is -1.04. The van der Waals surface area contributed by atoms with Crippen molar-refractivity contribution in [1.29, 1.82) is 0 Å². The number of benzene rings is 2. The second-order valence-corrected chi connectivity index (χ2v) is 6.58. The third kappa shape index (κ3) is 6.78. The highest BCUT2D eigenvalue weighted by Crippen LogP contribution is 2.29. The van der Waals surface area contributed by atoms with Crippen molar-refractivity contribution in [1.82, 2.24) is 4.90 Å². The molecule has 1 N–H and O–H groups in total. The molecule has 2 amide bonds. The van der Waals surface area contributed by atoms with Crippen molar-refractivity contribution >= 4 is 23.6 Å². The van der Waals surface area contributed by atoms with Crippen LogP contribution < -0.4 is 5.32 Å². The van der Waals surface area contributed by atoms with Gasteiger partial charge in [0.1, 0.15) is 6.54 Å². The number of hydrogen-bond donors (Lipinski definition) is 1. The molecule has 7 heteroatoms. The number of nitrogens with one attached hydrogen (secondary N) is 1. The normalized spacial score (nSPS) is 11.5. The summed E-state index contributed by atoms with van der Waals surface area (Å²) in [6.45, 7) is 4.03. The van der Waals surface area contributed by atoms with Crippen LogP contribution in [0.5, 0.6) is 0 Å². The van der Waals surface area contributed by atoms with E-state index in [9.17, 15) is 22.8 Å². The van der Waals surface area contributed by atoms with Crippen LogP contribution in [-0.4, -0.2) is 29.8 Å². The largest absolute Gasteiger partial charge is 0.416 e. The molecule has 0 unspecified atom stereocenters. The molecular weight excluding hydrogens is 381 g/mol. The number of carbonyl (C=O) groups excluding carboxylic acids is 2. The maximum atomic E-state index is 12.6. The Morgan fingerprint density at radius 3 is 2.31 bits per heavy atom. The van der Waals surface area contributed by atoms with Crippen LogP contribution in [0.25, 0.3) is 6.08 Å². The zero-order valence-electron chi connectivity index (χ0n) is 16.3. The van der Waals surface area contributed by atoms with Gasteiger partial charge in [-0.05, 0) is 48.7 Å². The Morgan fingerprint density at radius 2 is 1.72 bits per heavy atom. The Labute approximate surface area is 168 Å². The van der Waals surface area contributed by atoms with E-state index in [1.54, 1.807) is 6.07 Å². The molecule has 0 aliphatic carbocycles. The van der Waals surface area contributed by atoms with Crippen LogP contribution in [0.1, 0.15) is 30.0 Å². The Balaban J connectivity index is 2.02. The molecule has 0 radical (unpaired) electrons. The average Bonchev–Trinajstić information content (AvgIpc) is 2.67. The minimum Gasteiger partial charge on any atom is -0.330 e. The maximum absolute atomic E-state index is 12.6. The molecule has 0 atom stereocenters. The lowest BCUT2D eigenvalue weighted by atomic mass is 10.1. The number of carbonyl (C=O) groups is 2. The highest BCUT2D eigenvalue weighted by atomic mass is 19.4. The summed E-state index contributed by atoms with van der Waals surface area (Å²) in [6, 6.07) is 11.8. The van der Waals surface area contributed by atoms with Crippen LogP contribution in [0, 0.1) is 6.92 Å². The molecular formula is C22H23F3N2O2. The van der Waals surface area contributed by atoms with Gasteiger partial charge in [-0.25, -0.2) is 0 Å². The van der Waals surface area contributed by atoms with Gasteiger partial charge in [0.25, 0.3) is 0 Å². The standard InChI is InChI=1S/C22H23F3N2O2/c1-3-14-27(15-20(28)26-19-7-5-4-6-16(19)2)21(29)13-10-17-8-11-18(12-9-17)22(23,24)25/h4-13H,3,14-15H2,1-2H3,(H,26,28)/b13-10+. The molecule has 2 aromatic carbocycles. The lowest BCUT2D eigenvalue weighted by molar-refractivity contribution is -0.137. The number of amides is 2. The molecule has 0 bridgehead atoms. The zero-order chi connectivity index (χ0) is 21.4. The molecule has 0 saturated carbocycles. The van der Waals surface area contributed by atoms with Gasteiger partial charge < -0.3 is 10.2 Å². The number of hydrogen-bond acceptors (Lipinski definition) is 2. The number of para-hydroxylation sites is 1. The van der Waals surface area contributed by atoms with Crippen molar-refractivity contribution in [3.05, 3.63) is 71.3 Å². The lowest BCUT2D eigenvalue weighted by Gasteiger charge is -2.20. The Kier molecular flexibility index (Phi) is 7.59. The van der Waals surface area contributed by atoms with Crippen LogP contribution in [0.4, 0.5) is 18.9 Å². The van der Waals surface area contributed by atoms with E-state index >= 15 is 0 Å². The summed E-state index contributed by atoms with van der Waals surface area (Å²) in [5.74, 6) is -0.698. The quantitative estimate of drug-likeness (QED) is 0.667. The predicted molar refractivity (Wildman–Crippen MR) is 107 cm³/mol. The van der Waals surface area contributed by atoms with Crippen molar-refractivity contribution in [2.75, 3.05) is 18.4 Å². The second-order valence-electron chi connectivity index (χ2n) is 6.58. The molecule has 4 nitrogen and oxygen atoms in total. The Morgan fingerprint density at radius 1 is 1.07 bits per heavy atom. The van der Waals surface area contributed by atoms with Gasteiger partial charge in [-0.3, -0.25) is 9.59 Å². The summed E-state index contributed by atoms with van der Waals surface area (Å²) >= 11 is 0. The van der Waals surface area contributed by atoms with Gasteiger partial charge in [0.15, 0.2) is 0 Å². The molecule has 0 saturated heterocycles. The van der Waals surface area contributed by atoms with E-state index in [4.69, 9.17) is 0 Å². The predicted octanol–water partition coefficient (Wildman–Crippen LogP) is 4.90. The first-order valence-electron chi connectivity index (χ1n) is 9.20. The average molecular weight is 404 g/mol. The van der Waals surface area contributed by atoms with E-state index in [1.165, 1.54) is 29.2 Å². The second kappa shape index (κ2) is 9.91. The van der Waals surface area contributed by atoms with E-state index in [2.05, 4.69) is 5.32 Å². The zero-order valence-corrected chi connectivity index (χ0v) is 16.3. The van der Waals surface area contributed by atoms with Crippen LogP contribution in [0.2, 0.25) is 0 Å². The van der Waals surface area contributed by atoms with E-state index in [1.807, 2.05) is 32.0 Å². The highest BCUT2D eigenvalue weighted by molar-refractivity contribution is 5.98. The minimum absolute atomic E-state index is 0.113. The van der Waals surface area contributed by atoms with Gasteiger partial charge >= 0.3 is 6.18 Å². The number of aryl methyl sites for hydroxylation is 1. The summed E-state index contributed by atoms with van der Waals surface area (Å²) in [5.41, 5.74) is 1.31. The van der Waals surface area contributed by atoms with Crippen molar-refractivity contribution < 1.29 is 22.8 Å². The van der Waals surface area contributed by atoms with E-state index in [0.717, 1.165) is 17.7 Å². The number of anilines is 1. The fourth-order valence-corrected chi connectivity index (χ4v) is 2.67. The Hall–Kier alpha value is -3.09. The minimum atomic E-state index is -4.40. The van der Waals surface area contributed by atoms with E-state index in [-0.39, 0.29) is 18.4 Å². The third-order valence-electron chi connectivity index (χ3n) is 4.22. The molecule has 2 aromatic rings. The van der Waals surface area contributed by atoms with Crippen LogP contribution in [0.3, 0.4) is 0 Å². The summed E-state index contributed by atoms with van der Waals surface area (Å²) in [7, 11) is 0. The van der Waals surface area contributed by atoms with Crippen molar-refractivity contribution in [3.8, 4) is 0 Å². The molecule has 0 heterocycles. The molecule has 2 rings (SSSR count). The smallest absolute Gasteiger partial charge is 0.330 e. The SMILES string of the molecule is CCCN(CC(=O)Nc1ccccc1C)C(=O)/C=C/c1ccc(C(F)(F)F)cc1. The molecule has 29 heavy (non-hydrogen) atoms. The monoisotopic (exact) mass is 404 g/mol. The van der Waals surface area contributed by atoms with Gasteiger partial charge in [-0.2, -0.15) is 13.2 Å². The number of halogens is 3. The van der Waals surface area contributed by atoms with E-state index < -0.39 is 11.7 Å². The van der Waals surface area contributed by atoms with Crippen molar-refractivity contribution in [3.63, 3.8) is 0 Å². The van der Waals surface area contributed by atoms with Gasteiger partial charge in [-0.1, -0.05) is 37.3 Å². The van der Waals surface area contributed by atoms with Crippen LogP contribution >= 0.6 is 0 Å². The van der Waals surface area contributed by atoms with Gasteiger partial charge in [0, 0.05) is 18.3 Å². The maximum Gasteiger partial charge on any atom is 0.416 e. The fourth-order valence-electron chi connectivity index (χ4n) is 2.67. The molecule has 0 aliphatic heterocycles. The highest BCUT2D eigenvalue weighted by Gasteiger charge is 2.29. The number of rotatable bonds is 7. The number of nitrogens with zero attached hydrogens (tertiary/aromatic N) is 1. The van der Waals surface area contributed by atoms with Crippen LogP contribution in [-0.2, 0) is 15.8 Å². The van der Waals surface area contributed by atoms with Gasteiger partial charge in [0.2, 0.25) is 11.8 Å². The molecule has 0 spiro atoms. The van der Waals surface area contributed by atoms with Gasteiger partial charge in [-0.15, -0.1) is 0 Å². The van der Waals surface area contributed by atoms with Gasteiger partial charge in [0.05, 0.1) is 5.56 Å². The summed E-state index contributed by atoms with van der Waals surface area (Å²) in [5, 5.41) is 2.78. The molecule has 0 aliphatic rings.